The van der Waals surface area contributed by atoms with Crippen LogP contribution in [-0.2, 0) is 0 Å². The lowest BCUT2D eigenvalue weighted by Gasteiger charge is -2.23. The summed E-state index contributed by atoms with van der Waals surface area (Å²) in [5, 5.41) is 1.16. The zero-order chi connectivity index (χ0) is 12.8. The van der Waals surface area contributed by atoms with E-state index >= 15 is 0 Å². The fourth-order valence-electron chi connectivity index (χ4n) is 2.77. The Morgan fingerprint density at radius 1 is 1.28 bits per heavy atom. The normalized spacial score (nSPS) is 18.4. The monoisotopic (exact) mass is 241 g/mol. The predicted molar refractivity (Wildman–Crippen MR) is 76.8 cm³/mol. The van der Waals surface area contributed by atoms with E-state index in [9.17, 15) is 0 Å². The number of hydrogen-bond donors (Lipinski definition) is 1. The van der Waals surface area contributed by atoms with Gasteiger partial charge >= 0.3 is 0 Å². The molecule has 18 heavy (non-hydrogen) atoms. The van der Waals surface area contributed by atoms with Crippen molar-refractivity contribution in [3.05, 3.63) is 30.5 Å². The Labute approximate surface area is 108 Å². The molecule has 3 nitrogen and oxygen atoms in total. The average Bonchev–Trinajstić information content (AvgIpc) is 2.70. The number of nitrogen functional groups attached to an aromatic ring is 1. The van der Waals surface area contributed by atoms with Gasteiger partial charge < -0.3 is 10.6 Å². The van der Waals surface area contributed by atoms with E-state index in [2.05, 4.69) is 35.9 Å². The van der Waals surface area contributed by atoms with Gasteiger partial charge in [-0.2, -0.15) is 0 Å². The Morgan fingerprint density at radius 3 is 2.83 bits per heavy atom. The summed E-state index contributed by atoms with van der Waals surface area (Å²) in [6.45, 7) is 6.86. The van der Waals surface area contributed by atoms with Gasteiger partial charge in [0.2, 0.25) is 0 Å². The van der Waals surface area contributed by atoms with Crippen LogP contribution in [0.25, 0.3) is 10.9 Å². The first kappa shape index (κ1) is 11.3. The number of aromatic nitrogens is 1. The number of nitrogens with two attached hydrogens (primary N) is 1. The predicted octanol–water partition coefficient (Wildman–Crippen LogP) is 3.05. The highest BCUT2D eigenvalue weighted by Crippen LogP contribution is 2.36. The van der Waals surface area contributed by atoms with E-state index in [0.717, 1.165) is 29.7 Å². The van der Waals surface area contributed by atoms with Crippen molar-refractivity contribution in [1.29, 1.82) is 0 Å². The molecular formula is C15H19N3. The summed E-state index contributed by atoms with van der Waals surface area (Å²) in [6.07, 6.45) is 3.04. The molecule has 1 aromatic heterocycles. The van der Waals surface area contributed by atoms with Crippen molar-refractivity contribution in [2.24, 2.45) is 5.41 Å². The Kier molecular flexibility index (Phi) is 2.44. The Morgan fingerprint density at radius 2 is 2.11 bits per heavy atom. The van der Waals surface area contributed by atoms with E-state index in [1.54, 1.807) is 6.20 Å². The minimum Gasteiger partial charge on any atom is -0.397 e. The van der Waals surface area contributed by atoms with E-state index < -0.39 is 0 Å². The molecule has 94 valence electrons. The van der Waals surface area contributed by atoms with Gasteiger partial charge in [-0.15, -0.1) is 0 Å². The largest absolute Gasteiger partial charge is 0.397 e. The zero-order valence-corrected chi connectivity index (χ0v) is 11.0. The third-order valence-corrected chi connectivity index (χ3v) is 3.80. The maximum atomic E-state index is 6.00. The summed E-state index contributed by atoms with van der Waals surface area (Å²) >= 11 is 0. The third-order valence-electron chi connectivity index (χ3n) is 3.80. The topological polar surface area (TPSA) is 42.1 Å². The van der Waals surface area contributed by atoms with Crippen LogP contribution in [-0.4, -0.2) is 18.1 Å². The van der Waals surface area contributed by atoms with Crippen molar-refractivity contribution in [2.75, 3.05) is 23.7 Å². The van der Waals surface area contributed by atoms with Gasteiger partial charge in [0.1, 0.15) is 0 Å². The lowest BCUT2D eigenvalue weighted by Crippen LogP contribution is -2.22. The van der Waals surface area contributed by atoms with E-state index in [4.69, 9.17) is 5.73 Å². The van der Waals surface area contributed by atoms with Gasteiger partial charge in [0, 0.05) is 30.4 Å². The molecule has 1 fully saturated rings. The van der Waals surface area contributed by atoms with Gasteiger partial charge in [-0.1, -0.05) is 13.8 Å². The molecule has 1 aromatic carbocycles. The Balaban J connectivity index is 2.11. The fourth-order valence-corrected chi connectivity index (χ4v) is 2.77. The molecule has 2 heterocycles. The second-order valence-corrected chi connectivity index (χ2v) is 5.91. The quantitative estimate of drug-likeness (QED) is 0.780. The number of anilines is 2. The summed E-state index contributed by atoms with van der Waals surface area (Å²) in [5.74, 6) is 0. The number of hydrogen-bond acceptors (Lipinski definition) is 3. The molecule has 1 aliphatic rings. The molecule has 0 unspecified atom stereocenters. The summed E-state index contributed by atoms with van der Waals surface area (Å²) in [5.41, 5.74) is 9.33. The van der Waals surface area contributed by atoms with E-state index in [1.807, 2.05) is 12.1 Å². The summed E-state index contributed by atoms with van der Waals surface area (Å²) in [7, 11) is 0. The van der Waals surface area contributed by atoms with Crippen molar-refractivity contribution in [3.63, 3.8) is 0 Å². The van der Waals surface area contributed by atoms with Crippen molar-refractivity contribution in [3.8, 4) is 0 Å². The molecule has 0 atom stereocenters. The van der Waals surface area contributed by atoms with Crippen LogP contribution in [0.4, 0.5) is 11.4 Å². The number of nitrogens with zero attached hydrogens (tertiary/aromatic N) is 2. The van der Waals surface area contributed by atoms with Crippen LogP contribution in [0, 0.1) is 5.41 Å². The second kappa shape index (κ2) is 3.87. The van der Waals surface area contributed by atoms with Crippen LogP contribution in [0.1, 0.15) is 20.3 Å². The first-order valence-electron chi connectivity index (χ1n) is 6.45. The molecule has 0 aliphatic carbocycles. The van der Waals surface area contributed by atoms with E-state index in [1.165, 1.54) is 12.1 Å². The molecule has 1 saturated heterocycles. The highest BCUT2D eigenvalue weighted by atomic mass is 15.2. The second-order valence-electron chi connectivity index (χ2n) is 5.91. The zero-order valence-electron chi connectivity index (χ0n) is 11.0. The molecule has 3 heteroatoms. The van der Waals surface area contributed by atoms with Crippen LogP contribution in [0.2, 0.25) is 0 Å². The van der Waals surface area contributed by atoms with Gasteiger partial charge in [-0.05, 0) is 36.1 Å². The van der Waals surface area contributed by atoms with Crippen LogP contribution in [0.15, 0.2) is 30.5 Å². The van der Waals surface area contributed by atoms with Crippen LogP contribution in [0.3, 0.4) is 0 Å². The average molecular weight is 241 g/mol. The molecule has 0 radical (unpaired) electrons. The van der Waals surface area contributed by atoms with Crippen molar-refractivity contribution >= 4 is 22.3 Å². The fraction of sp³-hybridized carbons (Fsp3) is 0.400. The van der Waals surface area contributed by atoms with Crippen LogP contribution < -0.4 is 10.6 Å². The number of rotatable bonds is 1. The molecule has 1 aliphatic heterocycles. The SMILES string of the molecule is CC1(C)CCN(c2ccc(N)c3ncccc23)C1. The minimum atomic E-state index is 0.399. The first-order chi connectivity index (χ1) is 8.57. The Hall–Kier alpha value is -1.77. The highest BCUT2D eigenvalue weighted by molar-refractivity contribution is 5.98. The van der Waals surface area contributed by atoms with Crippen LogP contribution >= 0.6 is 0 Å². The summed E-state index contributed by atoms with van der Waals surface area (Å²) in [4.78, 5) is 6.85. The molecule has 0 saturated carbocycles. The highest BCUT2D eigenvalue weighted by Gasteiger charge is 2.30. The van der Waals surface area contributed by atoms with Gasteiger partial charge in [-0.3, -0.25) is 4.98 Å². The summed E-state index contributed by atoms with van der Waals surface area (Å²) in [6, 6.07) is 8.18. The lowest BCUT2D eigenvalue weighted by atomic mass is 9.93. The molecule has 3 rings (SSSR count). The minimum absolute atomic E-state index is 0.399. The molecule has 0 bridgehead atoms. The lowest BCUT2D eigenvalue weighted by molar-refractivity contribution is 0.418. The van der Waals surface area contributed by atoms with Crippen molar-refractivity contribution in [1.82, 2.24) is 4.98 Å². The van der Waals surface area contributed by atoms with Gasteiger partial charge in [0.05, 0.1) is 11.2 Å². The van der Waals surface area contributed by atoms with E-state index in [0.29, 0.717) is 5.41 Å². The smallest absolute Gasteiger partial charge is 0.0951 e. The molecular weight excluding hydrogens is 222 g/mol. The van der Waals surface area contributed by atoms with Gasteiger partial charge in [0.15, 0.2) is 0 Å². The Bertz CT molecular complexity index is 589. The van der Waals surface area contributed by atoms with Gasteiger partial charge in [0.25, 0.3) is 0 Å². The standard InChI is InChI=1S/C15H19N3/c1-15(2)7-9-18(10-15)13-6-5-12(16)14-11(13)4-3-8-17-14/h3-6,8H,7,9-10,16H2,1-2H3. The maximum absolute atomic E-state index is 6.00. The first-order valence-corrected chi connectivity index (χ1v) is 6.45. The number of benzene rings is 1. The number of fused-ring (bicyclic) bond motifs is 1. The molecule has 2 N–H and O–H groups in total. The summed E-state index contributed by atoms with van der Waals surface area (Å²) < 4.78 is 0. The van der Waals surface area contributed by atoms with Crippen LogP contribution in [0.5, 0.6) is 0 Å². The van der Waals surface area contributed by atoms with E-state index in [-0.39, 0.29) is 0 Å². The molecule has 0 amide bonds. The molecule has 2 aromatic rings. The third kappa shape index (κ3) is 1.80. The van der Waals surface area contributed by atoms with Crippen molar-refractivity contribution < 1.29 is 0 Å². The van der Waals surface area contributed by atoms with Crippen molar-refractivity contribution in [2.45, 2.75) is 20.3 Å². The maximum Gasteiger partial charge on any atom is 0.0951 e. The van der Waals surface area contributed by atoms with Gasteiger partial charge in [-0.25, -0.2) is 0 Å². The number of pyridine rings is 1. The molecule has 0 spiro atoms.